The number of hydrogen-bond donors (Lipinski definition) is 1. The van der Waals surface area contributed by atoms with Gasteiger partial charge in [-0.1, -0.05) is 46.6 Å². The zero-order valence-electron chi connectivity index (χ0n) is 14.4. The molecule has 1 atom stereocenters. The smallest absolute Gasteiger partial charge is 0.258 e. The fourth-order valence-electron chi connectivity index (χ4n) is 2.26. The van der Waals surface area contributed by atoms with E-state index in [1.54, 1.807) is 31.2 Å². The molecule has 0 saturated heterocycles. The molecule has 0 aliphatic carbocycles. The first-order valence-corrected chi connectivity index (χ1v) is 8.47. The number of benzene rings is 2. The number of aromatic nitrogens is 2. The van der Waals surface area contributed by atoms with Crippen molar-refractivity contribution in [2.24, 2.45) is 0 Å². The lowest BCUT2D eigenvalue weighted by atomic mass is 10.1. The van der Waals surface area contributed by atoms with Gasteiger partial charge in [0.1, 0.15) is 11.8 Å². The molecule has 1 N–H and O–H groups in total. The molecule has 0 fully saturated rings. The molecule has 0 radical (unpaired) electrons. The van der Waals surface area contributed by atoms with Gasteiger partial charge in [-0.15, -0.1) is 0 Å². The van der Waals surface area contributed by atoms with Gasteiger partial charge in [0.25, 0.3) is 5.91 Å². The maximum atomic E-state index is 12.0. The predicted octanol–water partition coefficient (Wildman–Crippen LogP) is 3.95. The maximum Gasteiger partial charge on any atom is 0.258 e. The number of carbonyl (C=O) groups excluding carboxylic acids is 1. The van der Waals surface area contributed by atoms with Crippen LogP contribution in [0.25, 0.3) is 11.4 Å². The van der Waals surface area contributed by atoms with Gasteiger partial charge < -0.3 is 14.6 Å². The quantitative estimate of drug-likeness (QED) is 0.709. The molecule has 1 heterocycles. The van der Waals surface area contributed by atoms with E-state index >= 15 is 0 Å². The number of nitrogens with one attached hydrogen (secondary N) is 1. The number of rotatable bonds is 6. The summed E-state index contributed by atoms with van der Waals surface area (Å²) in [5.41, 5.74) is 2.01. The molecule has 0 aliphatic heterocycles. The molecule has 7 heteroatoms. The summed E-state index contributed by atoms with van der Waals surface area (Å²) in [6.45, 7) is 3.66. The Labute approximate surface area is 156 Å². The second-order valence-electron chi connectivity index (χ2n) is 5.85. The predicted molar refractivity (Wildman–Crippen MR) is 98.0 cm³/mol. The van der Waals surface area contributed by atoms with Crippen LogP contribution >= 0.6 is 11.6 Å². The summed E-state index contributed by atoms with van der Waals surface area (Å²) in [5, 5.41) is 7.34. The fraction of sp³-hybridized carbons (Fsp3) is 0.211. The van der Waals surface area contributed by atoms with E-state index in [9.17, 15) is 4.79 Å². The minimum absolute atomic E-state index is 0.120. The van der Waals surface area contributed by atoms with E-state index in [4.69, 9.17) is 20.9 Å². The molecule has 0 spiro atoms. The number of carbonyl (C=O) groups is 1. The Morgan fingerprint density at radius 3 is 2.58 bits per heavy atom. The van der Waals surface area contributed by atoms with E-state index in [1.807, 2.05) is 31.2 Å². The van der Waals surface area contributed by atoms with Crippen molar-refractivity contribution in [2.45, 2.75) is 19.9 Å². The van der Waals surface area contributed by atoms with E-state index in [-0.39, 0.29) is 12.5 Å². The first kappa shape index (κ1) is 17.9. The van der Waals surface area contributed by atoms with Gasteiger partial charge in [0, 0.05) is 10.6 Å². The average molecular weight is 372 g/mol. The second kappa shape index (κ2) is 8.01. The lowest BCUT2D eigenvalue weighted by Crippen LogP contribution is -2.31. The van der Waals surface area contributed by atoms with Crippen LogP contribution < -0.4 is 10.1 Å². The Hall–Kier alpha value is -2.86. The Balaban J connectivity index is 1.55. The number of aryl methyl sites for hydroxylation is 1. The van der Waals surface area contributed by atoms with E-state index in [0.717, 1.165) is 11.1 Å². The van der Waals surface area contributed by atoms with Crippen LogP contribution in [0.3, 0.4) is 0 Å². The molecular weight excluding hydrogens is 354 g/mol. The molecule has 2 aromatic carbocycles. The van der Waals surface area contributed by atoms with Gasteiger partial charge in [-0.25, -0.2) is 0 Å². The van der Waals surface area contributed by atoms with Crippen molar-refractivity contribution in [2.75, 3.05) is 6.61 Å². The van der Waals surface area contributed by atoms with Crippen LogP contribution in [-0.2, 0) is 4.79 Å². The molecule has 1 amide bonds. The summed E-state index contributed by atoms with van der Waals surface area (Å²) in [7, 11) is 0. The first-order valence-electron chi connectivity index (χ1n) is 8.09. The molecule has 6 nitrogen and oxygen atoms in total. The van der Waals surface area contributed by atoms with Crippen LogP contribution in [0.2, 0.25) is 5.02 Å². The molecule has 1 aromatic heterocycles. The number of halogens is 1. The maximum absolute atomic E-state index is 12.0. The van der Waals surface area contributed by atoms with Gasteiger partial charge in [0.05, 0.1) is 0 Å². The molecule has 1 unspecified atom stereocenters. The highest BCUT2D eigenvalue weighted by molar-refractivity contribution is 6.30. The second-order valence-corrected chi connectivity index (χ2v) is 6.29. The third-order valence-electron chi connectivity index (χ3n) is 3.68. The van der Waals surface area contributed by atoms with E-state index in [1.165, 1.54) is 0 Å². The van der Waals surface area contributed by atoms with Crippen LogP contribution in [0.4, 0.5) is 0 Å². The van der Waals surface area contributed by atoms with Crippen molar-refractivity contribution >= 4 is 17.5 Å². The van der Waals surface area contributed by atoms with Crippen molar-refractivity contribution in [1.29, 1.82) is 0 Å². The minimum atomic E-state index is -0.428. The molecule has 3 rings (SSSR count). The van der Waals surface area contributed by atoms with Gasteiger partial charge in [-0.05, 0) is 38.1 Å². The van der Waals surface area contributed by atoms with Crippen molar-refractivity contribution in [3.8, 4) is 17.1 Å². The molecular formula is C19H18ClN3O3. The largest absolute Gasteiger partial charge is 0.484 e. The van der Waals surface area contributed by atoms with Gasteiger partial charge in [0.2, 0.25) is 11.7 Å². The number of nitrogens with zero attached hydrogens (tertiary/aromatic N) is 2. The number of amides is 1. The Morgan fingerprint density at radius 1 is 1.19 bits per heavy atom. The van der Waals surface area contributed by atoms with Gasteiger partial charge in [-0.2, -0.15) is 4.98 Å². The topological polar surface area (TPSA) is 77.2 Å². The summed E-state index contributed by atoms with van der Waals surface area (Å²) in [4.78, 5) is 16.4. The van der Waals surface area contributed by atoms with Crippen molar-refractivity contribution in [3.63, 3.8) is 0 Å². The Bertz CT molecular complexity index is 876. The lowest BCUT2D eigenvalue weighted by Gasteiger charge is -2.10. The third kappa shape index (κ3) is 4.61. The van der Waals surface area contributed by atoms with Crippen LogP contribution in [0.5, 0.6) is 5.75 Å². The molecule has 0 bridgehead atoms. The number of ether oxygens (including phenoxy) is 1. The summed E-state index contributed by atoms with van der Waals surface area (Å²) in [6.07, 6.45) is 0. The highest BCUT2D eigenvalue weighted by Crippen LogP contribution is 2.19. The molecule has 0 saturated carbocycles. The highest BCUT2D eigenvalue weighted by atomic mass is 35.5. The average Bonchev–Trinajstić information content (AvgIpc) is 3.12. The van der Waals surface area contributed by atoms with Crippen LogP contribution in [0.1, 0.15) is 24.4 Å². The fourth-order valence-corrected chi connectivity index (χ4v) is 2.38. The van der Waals surface area contributed by atoms with E-state index < -0.39 is 6.04 Å². The van der Waals surface area contributed by atoms with Crippen LogP contribution in [-0.4, -0.2) is 22.7 Å². The van der Waals surface area contributed by atoms with Gasteiger partial charge in [-0.3, -0.25) is 4.79 Å². The summed E-state index contributed by atoms with van der Waals surface area (Å²) in [5.74, 6) is 1.10. The van der Waals surface area contributed by atoms with Crippen molar-refractivity contribution < 1.29 is 14.1 Å². The summed E-state index contributed by atoms with van der Waals surface area (Å²) in [6, 6.07) is 14.2. The first-order chi connectivity index (χ1) is 12.5. The normalized spacial score (nSPS) is 11.8. The third-order valence-corrected chi connectivity index (χ3v) is 3.93. The lowest BCUT2D eigenvalue weighted by molar-refractivity contribution is -0.123. The van der Waals surface area contributed by atoms with Gasteiger partial charge in [0.15, 0.2) is 6.61 Å². The minimum Gasteiger partial charge on any atom is -0.484 e. The zero-order valence-corrected chi connectivity index (χ0v) is 15.2. The Kier molecular flexibility index (Phi) is 5.53. The SMILES string of the molecule is Cc1ccc(-c2noc(C(C)NC(=O)COc3ccc(Cl)cc3)n2)cc1. The monoisotopic (exact) mass is 371 g/mol. The Morgan fingerprint density at radius 2 is 1.88 bits per heavy atom. The van der Waals surface area contributed by atoms with Gasteiger partial charge >= 0.3 is 0 Å². The van der Waals surface area contributed by atoms with Crippen molar-refractivity contribution in [3.05, 3.63) is 65.0 Å². The van der Waals surface area contributed by atoms with E-state index in [0.29, 0.717) is 22.5 Å². The standard InChI is InChI=1S/C19H18ClN3O3/c1-12-3-5-14(6-4-12)18-22-19(26-23-18)13(2)21-17(24)11-25-16-9-7-15(20)8-10-16/h3-10,13H,11H2,1-2H3,(H,21,24). The highest BCUT2D eigenvalue weighted by Gasteiger charge is 2.17. The van der Waals surface area contributed by atoms with Crippen LogP contribution in [0.15, 0.2) is 53.1 Å². The molecule has 3 aromatic rings. The summed E-state index contributed by atoms with van der Waals surface area (Å²) >= 11 is 5.81. The summed E-state index contributed by atoms with van der Waals surface area (Å²) < 4.78 is 10.7. The molecule has 134 valence electrons. The van der Waals surface area contributed by atoms with E-state index in [2.05, 4.69) is 15.5 Å². The van der Waals surface area contributed by atoms with Crippen molar-refractivity contribution in [1.82, 2.24) is 15.5 Å². The zero-order chi connectivity index (χ0) is 18.5. The molecule has 26 heavy (non-hydrogen) atoms. The molecule has 0 aliphatic rings. The number of hydrogen-bond acceptors (Lipinski definition) is 5. The van der Waals surface area contributed by atoms with Crippen LogP contribution in [0, 0.1) is 6.92 Å².